The van der Waals surface area contributed by atoms with Crippen molar-refractivity contribution >= 4 is 17.5 Å². The Balaban J connectivity index is 1.55. The van der Waals surface area contributed by atoms with E-state index in [0.29, 0.717) is 23.8 Å². The van der Waals surface area contributed by atoms with Crippen LogP contribution in [0.15, 0.2) is 48.5 Å². The highest BCUT2D eigenvalue weighted by molar-refractivity contribution is 6.30. The van der Waals surface area contributed by atoms with E-state index in [0.717, 1.165) is 24.1 Å². The molecule has 1 saturated heterocycles. The van der Waals surface area contributed by atoms with E-state index in [9.17, 15) is 9.18 Å². The number of halogens is 2. The number of nitrogens with zero attached hydrogens (tertiary/aromatic N) is 4. The van der Waals surface area contributed by atoms with Gasteiger partial charge in [-0.05, 0) is 68.1 Å². The number of hydrogen-bond donors (Lipinski definition) is 0. The van der Waals surface area contributed by atoms with Gasteiger partial charge in [-0.1, -0.05) is 23.7 Å². The second-order valence-corrected chi connectivity index (χ2v) is 7.44. The number of amides is 1. The quantitative estimate of drug-likeness (QED) is 0.661. The summed E-state index contributed by atoms with van der Waals surface area (Å²) >= 11 is 5.94. The summed E-state index contributed by atoms with van der Waals surface area (Å²) in [5, 5.41) is 5.06. The molecule has 0 saturated carbocycles. The molecule has 0 N–H and O–H groups in total. The maximum atomic E-state index is 13.5. The van der Waals surface area contributed by atoms with Crippen molar-refractivity contribution in [1.82, 2.24) is 19.7 Å². The Labute approximate surface area is 167 Å². The van der Waals surface area contributed by atoms with Gasteiger partial charge in [-0.2, -0.15) is 0 Å². The molecule has 1 aliphatic heterocycles. The van der Waals surface area contributed by atoms with E-state index in [2.05, 4.69) is 10.1 Å². The molecule has 5 nitrogen and oxygen atoms in total. The minimum absolute atomic E-state index is 0.0251. The number of benzene rings is 2. The molecular formula is C21H20ClFN4O. The molecule has 1 aliphatic rings. The Morgan fingerprint density at radius 1 is 1.25 bits per heavy atom. The average molecular weight is 399 g/mol. The molecule has 2 heterocycles. The maximum absolute atomic E-state index is 13.5. The lowest BCUT2D eigenvalue weighted by molar-refractivity contribution is 0.0724. The summed E-state index contributed by atoms with van der Waals surface area (Å²) in [6, 6.07) is 13.8. The number of rotatable bonds is 4. The van der Waals surface area contributed by atoms with Crippen molar-refractivity contribution in [3.05, 3.63) is 76.6 Å². The normalized spacial score (nSPS) is 16.5. The predicted molar refractivity (Wildman–Crippen MR) is 105 cm³/mol. The third kappa shape index (κ3) is 3.78. The van der Waals surface area contributed by atoms with Crippen molar-refractivity contribution in [3.63, 3.8) is 0 Å². The van der Waals surface area contributed by atoms with Crippen molar-refractivity contribution < 1.29 is 9.18 Å². The minimum Gasteiger partial charge on any atom is -0.333 e. The third-order valence-corrected chi connectivity index (χ3v) is 5.28. The zero-order chi connectivity index (χ0) is 19.7. The van der Waals surface area contributed by atoms with Gasteiger partial charge in [0.2, 0.25) is 5.82 Å². The van der Waals surface area contributed by atoms with Crippen molar-refractivity contribution in [3.8, 4) is 5.69 Å². The van der Waals surface area contributed by atoms with E-state index in [1.54, 1.807) is 22.9 Å². The van der Waals surface area contributed by atoms with Crippen molar-refractivity contribution in [1.29, 1.82) is 0 Å². The summed E-state index contributed by atoms with van der Waals surface area (Å²) in [5.41, 5.74) is 1.69. The standard InChI is InChI=1S/C21H20ClFN4O/c1-14-24-20(25-27(14)18-9-7-16(22)8-10-18)21(28)26-11-3-6-19(26)13-15-4-2-5-17(23)12-15/h2,4-5,7-10,12,19H,3,6,11,13H2,1H3. The molecule has 0 spiro atoms. The highest BCUT2D eigenvalue weighted by atomic mass is 35.5. The van der Waals surface area contributed by atoms with E-state index in [4.69, 9.17) is 11.6 Å². The van der Waals surface area contributed by atoms with Crippen LogP contribution in [0, 0.1) is 12.7 Å². The fourth-order valence-electron chi connectivity index (χ4n) is 3.69. The molecule has 144 valence electrons. The predicted octanol–water partition coefficient (Wildman–Crippen LogP) is 4.22. The highest BCUT2D eigenvalue weighted by Gasteiger charge is 2.32. The van der Waals surface area contributed by atoms with E-state index in [1.807, 2.05) is 30.0 Å². The van der Waals surface area contributed by atoms with Gasteiger partial charge in [-0.15, -0.1) is 5.10 Å². The lowest BCUT2D eigenvalue weighted by atomic mass is 10.0. The van der Waals surface area contributed by atoms with Gasteiger partial charge < -0.3 is 4.90 Å². The monoisotopic (exact) mass is 398 g/mol. The van der Waals surface area contributed by atoms with Gasteiger partial charge in [0, 0.05) is 17.6 Å². The Hall–Kier alpha value is -2.73. The number of hydrogen-bond acceptors (Lipinski definition) is 3. The second kappa shape index (κ2) is 7.72. The Morgan fingerprint density at radius 2 is 2.04 bits per heavy atom. The van der Waals surface area contributed by atoms with E-state index in [-0.39, 0.29) is 23.6 Å². The maximum Gasteiger partial charge on any atom is 0.293 e. The molecule has 0 aliphatic carbocycles. The lowest BCUT2D eigenvalue weighted by Gasteiger charge is -2.23. The van der Waals surface area contributed by atoms with Crippen molar-refractivity contribution in [2.24, 2.45) is 0 Å². The molecule has 0 bridgehead atoms. The number of aromatic nitrogens is 3. The fourth-order valence-corrected chi connectivity index (χ4v) is 3.81. The van der Waals surface area contributed by atoms with Crippen LogP contribution in [0.1, 0.15) is 34.8 Å². The molecular weight excluding hydrogens is 379 g/mol. The Morgan fingerprint density at radius 3 is 2.79 bits per heavy atom. The topological polar surface area (TPSA) is 51.0 Å². The molecule has 3 aromatic rings. The van der Waals surface area contributed by atoms with E-state index < -0.39 is 0 Å². The fraction of sp³-hybridized carbons (Fsp3) is 0.286. The van der Waals surface area contributed by atoms with Crippen LogP contribution in [0.3, 0.4) is 0 Å². The molecule has 4 rings (SSSR count). The van der Waals surface area contributed by atoms with Crippen LogP contribution in [0.4, 0.5) is 4.39 Å². The summed E-state index contributed by atoms with van der Waals surface area (Å²) in [6.45, 7) is 2.47. The van der Waals surface area contributed by atoms with Crippen LogP contribution in [0.2, 0.25) is 5.02 Å². The molecule has 1 atom stereocenters. The summed E-state index contributed by atoms with van der Waals surface area (Å²) < 4.78 is 15.1. The van der Waals surface area contributed by atoms with Crippen LogP contribution in [0.5, 0.6) is 0 Å². The highest BCUT2D eigenvalue weighted by Crippen LogP contribution is 2.23. The summed E-state index contributed by atoms with van der Waals surface area (Å²) in [4.78, 5) is 19.2. The van der Waals surface area contributed by atoms with Gasteiger partial charge in [-0.25, -0.2) is 14.1 Å². The zero-order valence-electron chi connectivity index (χ0n) is 15.5. The van der Waals surface area contributed by atoms with Crippen LogP contribution in [0.25, 0.3) is 5.69 Å². The number of carbonyl (C=O) groups excluding carboxylic acids is 1. The molecule has 7 heteroatoms. The summed E-state index contributed by atoms with van der Waals surface area (Å²) in [6.07, 6.45) is 2.43. The third-order valence-electron chi connectivity index (χ3n) is 5.03. The molecule has 1 amide bonds. The van der Waals surface area contributed by atoms with Gasteiger partial charge in [0.1, 0.15) is 11.6 Å². The Kier molecular flexibility index (Phi) is 5.13. The number of carbonyl (C=O) groups is 1. The first kappa shape index (κ1) is 18.6. The van der Waals surface area contributed by atoms with Gasteiger partial charge >= 0.3 is 0 Å². The van der Waals surface area contributed by atoms with Gasteiger partial charge in [-0.3, -0.25) is 4.79 Å². The summed E-state index contributed by atoms with van der Waals surface area (Å²) in [5.74, 6) is 0.368. The van der Waals surface area contributed by atoms with Crippen molar-refractivity contribution in [2.45, 2.75) is 32.2 Å². The van der Waals surface area contributed by atoms with Gasteiger partial charge in [0.15, 0.2) is 0 Å². The molecule has 1 unspecified atom stereocenters. The summed E-state index contributed by atoms with van der Waals surface area (Å²) in [7, 11) is 0. The van der Waals surface area contributed by atoms with Gasteiger partial charge in [0.05, 0.1) is 5.69 Å². The minimum atomic E-state index is -0.257. The average Bonchev–Trinajstić information content (AvgIpc) is 3.29. The van der Waals surface area contributed by atoms with Gasteiger partial charge in [0.25, 0.3) is 5.91 Å². The molecule has 1 aromatic heterocycles. The molecule has 2 aromatic carbocycles. The van der Waals surface area contributed by atoms with Crippen LogP contribution in [-0.2, 0) is 6.42 Å². The lowest BCUT2D eigenvalue weighted by Crippen LogP contribution is -2.37. The molecule has 28 heavy (non-hydrogen) atoms. The molecule has 0 radical (unpaired) electrons. The smallest absolute Gasteiger partial charge is 0.293 e. The SMILES string of the molecule is Cc1nc(C(=O)N2CCCC2Cc2cccc(F)c2)nn1-c1ccc(Cl)cc1. The zero-order valence-corrected chi connectivity index (χ0v) is 16.2. The van der Waals surface area contributed by atoms with Crippen molar-refractivity contribution in [2.75, 3.05) is 6.54 Å². The first-order valence-electron chi connectivity index (χ1n) is 9.26. The number of aryl methyl sites for hydroxylation is 1. The first-order valence-corrected chi connectivity index (χ1v) is 9.64. The van der Waals surface area contributed by atoms with Crippen LogP contribution in [-0.4, -0.2) is 38.2 Å². The second-order valence-electron chi connectivity index (χ2n) is 7.00. The van der Waals surface area contributed by atoms with Crippen LogP contribution < -0.4 is 0 Å². The van der Waals surface area contributed by atoms with E-state index in [1.165, 1.54) is 12.1 Å². The molecule has 1 fully saturated rings. The first-order chi connectivity index (χ1) is 13.5. The number of likely N-dealkylation sites (tertiary alicyclic amines) is 1. The van der Waals surface area contributed by atoms with E-state index >= 15 is 0 Å². The van der Waals surface area contributed by atoms with Crippen LogP contribution >= 0.6 is 11.6 Å². The largest absolute Gasteiger partial charge is 0.333 e. The Bertz CT molecular complexity index is 1000.